The molecule has 0 spiro atoms. The van der Waals surface area contributed by atoms with Crippen molar-refractivity contribution in [1.82, 2.24) is 5.32 Å². The van der Waals surface area contributed by atoms with Crippen LogP contribution in [0.3, 0.4) is 0 Å². The molecule has 0 aliphatic heterocycles. The molecule has 2 aromatic carbocycles. The Morgan fingerprint density at radius 2 is 1.87 bits per heavy atom. The maximum absolute atomic E-state index is 12.3. The minimum absolute atomic E-state index is 0.110. The van der Waals surface area contributed by atoms with Crippen LogP contribution in [0.4, 0.5) is 0 Å². The molecule has 1 N–H and O–H groups in total. The molecule has 0 aliphatic carbocycles. The molecule has 1 unspecified atom stereocenters. The van der Waals surface area contributed by atoms with E-state index >= 15 is 0 Å². The van der Waals surface area contributed by atoms with Crippen LogP contribution in [-0.2, 0) is 11.3 Å². The Bertz CT molecular complexity index is 668. The summed E-state index contributed by atoms with van der Waals surface area (Å²) >= 11 is 6.01. The van der Waals surface area contributed by atoms with Crippen LogP contribution in [0.25, 0.3) is 0 Å². The molecule has 23 heavy (non-hydrogen) atoms. The van der Waals surface area contributed by atoms with E-state index in [0.717, 1.165) is 11.1 Å². The number of benzene rings is 2. The van der Waals surface area contributed by atoms with Crippen molar-refractivity contribution in [3.63, 3.8) is 0 Å². The summed E-state index contributed by atoms with van der Waals surface area (Å²) in [5.74, 6) is 0.546. The average Bonchev–Trinajstić information content (AvgIpc) is 2.55. The van der Waals surface area contributed by atoms with Gasteiger partial charge in [0.25, 0.3) is 5.91 Å². The number of carbonyl (C=O) groups excluding carboxylic acids is 1. The van der Waals surface area contributed by atoms with E-state index in [4.69, 9.17) is 16.3 Å². The molecule has 3 nitrogen and oxygen atoms in total. The monoisotopic (exact) mass is 331 g/mol. The molecular weight excluding hydrogens is 310 g/mol. The first kappa shape index (κ1) is 17.4. The standard InChI is InChI=1S/C19H22ClNO2/c1-4-18(23-16-9-10-17(20)14(3)11-16)19(22)21-12-15-7-5-13(2)6-8-15/h5-11,18H,4,12H2,1-3H3,(H,21,22). The first-order chi connectivity index (χ1) is 11.0. The van der Waals surface area contributed by atoms with Crippen LogP contribution in [0.2, 0.25) is 5.02 Å². The van der Waals surface area contributed by atoms with Gasteiger partial charge in [-0.1, -0.05) is 48.4 Å². The van der Waals surface area contributed by atoms with Crippen molar-refractivity contribution in [3.05, 3.63) is 64.2 Å². The first-order valence-corrected chi connectivity index (χ1v) is 8.13. The molecule has 0 saturated heterocycles. The van der Waals surface area contributed by atoms with E-state index in [1.165, 1.54) is 5.56 Å². The van der Waals surface area contributed by atoms with Crippen LogP contribution in [-0.4, -0.2) is 12.0 Å². The lowest BCUT2D eigenvalue weighted by Crippen LogP contribution is -2.37. The van der Waals surface area contributed by atoms with Crippen LogP contribution >= 0.6 is 11.6 Å². The van der Waals surface area contributed by atoms with Gasteiger partial charge in [-0.3, -0.25) is 4.79 Å². The van der Waals surface area contributed by atoms with Gasteiger partial charge >= 0.3 is 0 Å². The van der Waals surface area contributed by atoms with Gasteiger partial charge in [-0.25, -0.2) is 0 Å². The second kappa shape index (κ2) is 8.02. The lowest BCUT2D eigenvalue weighted by atomic mass is 10.1. The van der Waals surface area contributed by atoms with E-state index in [1.54, 1.807) is 12.1 Å². The Balaban J connectivity index is 1.95. The van der Waals surface area contributed by atoms with Crippen LogP contribution in [0.1, 0.15) is 30.0 Å². The SMILES string of the molecule is CCC(Oc1ccc(Cl)c(C)c1)C(=O)NCc1ccc(C)cc1. The quantitative estimate of drug-likeness (QED) is 0.850. The number of ether oxygens (including phenoxy) is 1. The molecule has 0 bridgehead atoms. The van der Waals surface area contributed by atoms with Gasteiger partial charge in [0.05, 0.1) is 0 Å². The zero-order valence-corrected chi connectivity index (χ0v) is 14.5. The highest BCUT2D eigenvalue weighted by Gasteiger charge is 2.18. The summed E-state index contributed by atoms with van der Waals surface area (Å²) in [5, 5.41) is 3.61. The van der Waals surface area contributed by atoms with Gasteiger partial charge in [0.15, 0.2) is 6.10 Å². The van der Waals surface area contributed by atoms with E-state index in [9.17, 15) is 4.79 Å². The van der Waals surface area contributed by atoms with Crippen molar-refractivity contribution in [2.24, 2.45) is 0 Å². The summed E-state index contributed by atoms with van der Waals surface area (Å²) in [6, 6.07) is 13.5. The molecule has 1 atom stereocenters. The first-order valence-electron chi connectivity index (χ1n) is 7.75. The molecule has 1 amide bonds. The van der Waals surface area contributed by atoms with Crippen LogP contribution in [0.5, 0.6) is 5.75 Å². The number of hydrogen-bond acceptors (Lipinski definition) is 2. The summed E-state index contributed by atoms with van der Waals surface area (Å²) in [7, 11) is 0. The average molecular weight is 332 g/mol. The Morgan fingerprint density at radius 3 is 2.48 bits per heavy atom. The highest BCUT2D eigenvalue weighted by atomic mass is 35.5. The number of rotatable bonds is 6. The van der Waals surface area contributed by atoms with E-state index in [0.29, 0.717) is 23.7 Å². The van der Waals surface area contributed by atoms with Crippen molar-refractivity contribution >= 4 is 17.5 Å². The summed E-state index contributed by atoms with van der Waals surface area (Å²) in [5.41, 5.74) is 3.20. The van der Waals surface area contributed by atoms with Crippen molar-refractivity contribution in [3.8, 4) is 5.75 Å². The lowest BCUT2D eigenvalue weighted by molar-refractivity contribution is -0.128. The zero-order valence-electron chi connectivity index (χ0n) is 13.7. The summed E-state index contributed by atoms with van der Waals surface area (Å²) < 4.78 is 5.80. The predicted octanol–water partition coefficient (Wildman–Crippen LogP) is 4.43. The Morgan fingerprint density at radius 1 is 1.17 bits per heavy atom. The topological polar surface area (TPSA) is 38.3 Å². The number of nitrogens with one attached hydrogen (secondary N) is 1. The van der Waals surface area contributed by atoms with Crippen molar-refractivity contribution in [2.45, 2.75) is 39.8 Å². The molecule has 122 valence electrons. The summed E-state index contributed by atoms with van der Waals surface area (Å²) in [4.78, 5) is 12.3. The number of amides is 1. The molecular formula is C19H22ClNO2. The number of halogens is 1. The highest BCUT2D eigenvalue weighted by Crippen LogP contribution is 2.22. The Hall–Kier alpha value is -2.00. The molecule has 0 aliphatic rings. The third kappa shape index (κ3) is 5.00. The number of hydrogen-bond donors (Lipinski definition) is 1. The van der Waals surface area contributed by atoms with Crippen molar-refractivity contribution in [2.75, 3.05) is 0 Å². The maximum atomic E-state index is 12.3. The predicted molar refractivity (Wildman–Crippen MR) is 93.9 cm³/mol. The minimum Gasteiger partial charge on any atom is -0.481 e. The molecule has 2 aromatic rings. The number of aryl methyl sites for hydroxylation is 2. The van der Waals surface area contributed by atoms with Gasteiger partial charge in [0.1, 0.15) is 5.75 Å². The summed E-state index contributed by atoms with van der Waals surface area (Å²) in [6.07, 6.45) is 0.0857. The maximum Gasteiger partial charge on any atom is 0.261 e. The zero-order chi connectivity index (χ0) is 16.8. The van der Waals surface area contributed by atoms with Gasteiger partial charge in [0, 0.05) is 11.6 Å². The van der Waals surface area contributed by atoms with Crippen LogP contribution in [0.15, 0.2) is 42.5 Å². The summed E-state index contributed by atoms with van der Waals surface area (Å²) in [6.45, 7) is 6.38. The van der Waals surface area contributed by atoms with E-state index in [-0.39, 0.29) is 5.91 Å². The van der Waals surface area contributed by atoms with E-state index < -0.39 is 6.10 Å². The third-order valence-electron chi connectivity index (χ3n) is 3.66. The van der Waals surface area contributed by atoms with E-state index in [2.05, 4.69) is 5.32 Å². The van der Waals surface area contributed by atoms with Gasteiger partial charge < -0.3 is 10.1 Å². The fourth-order valence-corrected chi connectivity index (χ4v) is 2.30. The molecule has 0 radical (unpaired) electrons. The fraction of sp³-hybridized carbons (Fsp3) is 0.316. The third-order valence-corrected chi connectivity index (χ3v) is 4.08. The van der Waals surface area contributed by atoms with Gasteiger partial charge in [0.2, 0.25) is 0 Å². The molecule has 4 heteroatoms. The second-order valence-electron chi connectivity index (χ2n) is 5.63. The van der Waals surface area contributed by atoms with E-state index in [1.807, 2.05) is 51.1 Å². The van der Waals surface area contributed by atoms with Gasteiger partial charge in [-0.2, -0.15) is 0 Å². The molecule has 2 rings (SSSR count). The highest BCUT2D eigenvalue weighted by molar-refractivity contribution is 6.31. The number of carbonyl (C=O) groups is 1. The molecule has 0 saturated carbocycles. The van der Waals surface area contributed by atoms with Crippen LogP contribution in [0, 0.1) is 13.8 Å². The molecule has 0 heterocycles. The Labute approximate surface area is 142 Å². The second-order valence-corrected chi connectivity index (χ2v) is 6.04. The van der Waals surface area contributed by atoms with Gasteiger partial charge in [-0.05, 0) is 49.6 Å². The largest absolute Gasteiger partial charge is 0.481 e. The van der Waals surface area contributed by atoms with Crippen molar-refractivity contribution in [1.29, 1.82) is 0 Å². The normalized spacial score (nSPS) is 11.8. The lowest BCUT2D eigenvalue weighted by Gasteiger charge is -2.18. The molecule has 0 aromatic heterocycles. The smallest absolute Gasteiger partial charge is 0.261 e. The fourth-order valence-electron chi connectivity index (χ4n) is 2.19. The minimum atomic E-state index is -0.513. The Kier molecular flexibility index (Phi) is 6.05. The molecule has 0 fully saturated rings. The van der Waals surface area contributed by atoms with Crippen molar-refractivity contribution < 1.29 is 9.53 Å². The van der Waals surface area contributed by atoms with Gasteiger partial charge in [-0.15, -0.1) is 0 Å². The van der Waals surface area contributed by atoms with Crippen LogP contribution < -0.4 is 10.1 Å².